The van der Waals surface area contributed by atoms with Crippen molar-refractivity contribution in [2.45, 2.75) is 0 Å². The van der Waals surface area contributed by atoms with Crippen molar-refractivity contribution in [3.8, 4) is 11.5 Å². The van der Waals surface area contributed by atoms with E-state index in [0.717, 1.165) is 11.3 Å². The molecule has 2 rings (SSSR count). The van der Waals surface area contributed by atoms with Gasteiger partial charge < -0.3 is 4.74 Å². The Kier molecular flexibility index (Phi) is 3.28. The van der Waals surface area contributed by atoms with Crippen molar-refractivity contribution in [2.75, 3.05) is 0 Å². The van der Waals surface area contributed by atoms with E-state index in [1.807, 2.05) is 54.6 Å². The van der Waals surface area contributed by atoms with Gasteiger partial charge in [0.2, 0.25) is 0 Å². The Labute approximate surface area is 99.9 Å². The normalized spacial score (nSPS) is 9.81. The molecule has 1 nitrogen and oxygen atoms in total. The number of halogens is 1. The number of benzene rings is 2. The molecule has 0 radical (unpaired) electrons. The Morgan fingerprint density at radius 3 is 2.25 bits per heavy atom. The van der Waals surface area contributed by atoms with Crippen molar-refractivity contribution in [3.63, 3.8) is 0 Å². The number of hydrogen-bond acceptors (Lipinski definition) is 1. The first-order valence-electron chi connectivity index (χ1n) is 4.94. The fraction of sp³-hybridized carbons (Fsp3) is 0. The maximum atomic E-state index is 5.90. The van der Waals surface area contributed by atoms with Gasteiger partial charge in [-0.1, -0.05) is 48.5 Å². The molecule has 0 saturated carbocycles. The molecule has 0 fully saturated rings. The number of rotatable bonds is 3. The van der Waals surface area contributed by atoms with Crippen LogP contribution in [0.4, 0.5) is 0 Å². The Hall–Kier alpha value is -1.73. The smallest absolute Gasteiger partial charge is 0.136 e. The molecular weight excluding hydrogens is 220 g/mol. The lowest BCUT2D eigenvalue weighted by molar-refractivity contribution is 0.481. The lowest BCUT2D eigenvalue weighted by Crippen LogP contribution is -1.87. The van der Waals surface area contributed by atoms with E-state index < -0.39 is 0 Å². The fourth-order valence-electron chi connectivity index (χ4n) is 1.40. The van der Waals surface area contributed by atoms with E-state index in [9.17, 15) is 0 Å². The van der Waals surface area contributed by atoms with Crippen LogP contribution >= 0.6 is 11.6 Å². The quantitative estimate of drug-likeness (QED) is 0.743. The summed E-state index contributed by atoms with van der Waals surface area (Å²) in [5.41, 5.74) is 0.813. The SMILES string of the molecule is C=C(Cl)c1ccccc1Oc1ccccc1. The fourth-order valence-corrected chi connectivity index (χ4v) is 1.55. The predicted octanol–water partition coefficient (Wildman–Crippen LogP) is 4.69. The van der Waals surface area contributed by atoms with E-state index in [1.165, 1.54) is 0 Å². The van der Waals surface area contributed by atoms with Crippen LogP contribution in [0.2, 0.25) is 0 Å². The largest absolute Gasteiger partial charge is 0.457 e. The van der Waals surface area contributed by atoms with Crippen LogP contribution in [0.1, 0.15) is 5.56 Å². The lowest BCUT2D eigenvalue weighted by Gasteiger charge is -2.09. The summed E-state index contributed by atoms with van der Waals surface area (Å²) >= 11 is 5.90. The van der Waals surface area contributed by atoms with Crippen molar-refractivity contribution in [2.24, 2.45) is 0 Å². The molecule has 0 bridgehead atoms. The molecule has 2 aromatic carbocycles. The minimum atomic E-state index is 0.478. The molecule has 0 unspecified atom stereocenters. The van der Waals surface area contributed by atoms with Gasteiger partial charge in [-0.05, 0) is 24.3 Å². The number of para-hydroxylation sites is 2. The summed E-state index contributed by atoms with van der Waals surface area (Å²) in [5, 5.41) is 0.478. The molecule has 2 aromatic rings. The summed E-state index contributed by atoms with van der Waals surface area (Å²) in [6.07, 6.45) is 0. The molecule has 80 valence electrons. The van der Waals surface area contributed by atoms with Gasteiger partial charge in [-0.2, -0.15) is 0 Å². The van der Waals surface area contributed by atoms with E-state index in [1.54, 1.807) is 0 Å². The van der Waals surface area contributed by atoms with Crippen LogP contribution < -0.4 is 4.74 Å². The van der Waals surface area contributed by atoms with Gasteiger partial charge in [0.25, 0.3) is 0 Å². The van der Waals surface area contributed by atoms with Crippen molar-refractivity contribution < 1.29 is 4.74 Å². The highest BCUT2D eigenvalue weighted by Gasteiger charge is 2.05. The third-order valence-corrected chi connectivity index (χ3v) is 2.35. The average molecular weight is 231 g/mol. The van der Waals surface area contributed by atoms with Crippen molar-refractivity contribution in [1.82, 2.24) is 0 Å². The van der Waals surface area contributed by atoms with Gasteiger partial charge >= 0.3 is 0 Å². The van der Waals surface area contributed by atoms with Crippen LogP contribution in [0, 0.1) is 0 Å². The van der Waals surface area contributed by atoms with E-state index in [0.29, 0.717) is 10.8 Å². The highest BCUT2D eigenvalue weighted by Crippen LogP contribution is 2.30. The molecule has 0 atom stereocenters. The first-order valence-corrected chi connectivity index (χ1v) is 5.32. The van der Waals surface area contributed by atoms with E-state index in [-0.39, 0.29) is 0 Å². The van der Waals surface area contributed by atoms with E-state index in [2.05, 4.69) is 6.58 Å². The van der Waals surface area contributed by atoms with Gasteiger partial charge in [-0.3, -0.25) is 0 Å². The zero-order valence-corrected chi connectivity index (χ0v) is 9.45. The summed E-state index contributed by atoms with van der Waals surface area (Å²) in [4.78, 5) is 0. The van der Waals surface area contributed by atoms with Crippen LogP contribution in [0.15, 0.2) is 61.2 Å². The molecule has 0 aliphatic carbocycles. The Morgan fingerprint density at radius 1 is 0.938 bits per heavy atom. The molecule has 0 aliphatic heterocycles. The third kappa shape index (κ3) is 2.44. The molecule has 0 spiro atoms. The number of hydrogen-bond donors (Lipinski definition) is 0. The van der Waals surface area contributed by atoms with Crippen LogP contribution in [0.25, 0.3) is 5.03 Å². The van der Waals surface area contributed by atoms with Gasteiger partial charge in [-0.25, -0.2) is 0 Å². The summed E-state index contributed by atoms with van der Waals surface area (Å²) in [7, 11) is 0. The zero-order valence-electron chi connectivity index (χ0n) is 8.69. The monoisotopic (exact) mass is 230 g/mol. The molecular formula is C14H11ClO. The Balaban J connectivity index is 2.31. The second-order valence-electron chi connectivity index (χ2n) is 3.32. The van der Waals surface area contributed by atoms with Gasteiger partial charge in [0.05, 0.1) is 0 Å². The summed E-state index contributed by atoms with van der Waals surface area (Å²) in [5.74, 6) is 1.50. The third-order valence-electron chi connectivity index (χ3n) is 2.15. The van der Waals surface area contributed by atoms with Gasteiger partial charge in [0.1, 0.15) is 11.5 Å². The predicted molar refractivity (Wildman–Crippen MR) is 67.8 cm³/mol. The summed E-state index contributed by atoms with van der Waals surface area (Å²) in [6, 6.07) is 17.1. The minimum absolute atomic E-state index is 0.478. The van der Waals surface area contributed by atoms with Crippen LogP contribution in [0.3, 0.4) is 0 Å². The molecule has 0 aliphatic rings. The van der Waals surface area contributed by atoms with Gasteiger partial charge in [-0.15, -0.1) is 0 Å². The van der Waals surface area contributed by atoms with E-state index in [4.69, 9.17) is 16.3 Å². The second-order valence-corrected chi connectivity index (χ2v) is 3.77. The standard InChI is InChI=1S/C14H11ClO/c1-11(15)13-9-5-6-10-14(13)16-12-7-3-2-4-8-12/h2-10H,1H2. The highest BCUT2D eigenvalue weighted by atomic mass is 35.5. The van der Waals surface area contributed by atoms with Crippen LogP contribution in [0.5, 0.6) is 11.5 Å². The Morgan fingerprint density at radius 2 is 1.56 bits per heavy atom. The van der Waals surface area contributed by atoms with Crippen LogP contribution in [-0.4, -0.2) is 0 Å². The topological polar surface area (TPSA) is 9.23 Å². The van der Waals surface area contributed by atoms with Gasteiger partial charge in [0.15, 0.2) is 0 Å². The molecule has 0 saturated heterocycles. The number of ether oxygens (including phenoxy) is 1. The lowest BCUT2D eigenvalue weighted by atomic mass is 10.2. The summed E-state index contributed by atoms with van der Waals surface area (Å²) in [6.45, 7) is 3.71. The molecule has 0 heterocycles. The van der Waals surface area contributed by atoms with E-state index >= 15 is 0 Å². The minimum Gasteiger partial charge on any atom is -0.457 e. The summed E-state index contributed by atoms with van der Waals surface area (Å²) < 4.78 is 5.73. The molecule has 16 heavy (non-hydrogen) atoms. The first kappa shape index (κ1) is 10.8. The molecule has 0 N–H and O–H groups in total. The Bertz CT molecular complexity index is 491. The molecule has 0 amide bonds. The van der Waals surface area contributed by atoms with Crippen molar-refractivity contribution in [1.29, 1.82) is 0 Å². The van der Waals surface area contributed by atoms with Crippen LogP contribution in [-0.2, 0) is 0 Å². The highest BCUT2D eigenvalue weighted by molar-refractivity contribution is 6.48. The average Bonchev–Trinajstić information content (AvgIpc) is 2.31. The molecule has 2 heteroatoms. The maximum absolute atomic E-state index is 5.90. The van der Waals surface area contributed by atoms with Crippen molar-refractivity contribution in [3.05, 3.63) is 66.7 Å². The first-order chi connectivity index (χ1) is 7.77. The van der Waals surface area contributed by atoms with Crippen molar-refractivity contribution >= 4 is 16.6 Å². The second kappa shape index (κ2) is 4.86. The zero-order chi connectivity index (χ0) is 11.4. The van der Waals surface area contributed by atoms with Gasteiger partial charge in [0, 0.05) is 10.6 Å². The molecule has 0 aromatic heterocycles. The maximum Gasteiger partial charge on any atom is 0.136 e.